The normalized spacial score (nSPS) is 16.0. The molecule has 0 spiro atoms. The van der Waals surface area contributed by atoms with E-state index in [9.17, 15) is 0 Å². The monoisotopic (exact) mass is 175 g/mol. The highest BCUT2D eigenvalue weighted by Crippen LogP contribution is 2.03. The first-order valence-corrected chi connectivity index (χ1v) is 4.44. The Morgan fingerprint density at radius 3 is 2.42 bits per heavy atom. The van der Waals surface area contributed by atoms with Gasteiger partial charge in [-0.1, -0.05) is 6.92 Å². The Morgan fingerprint density at radius 1 is 1.25 bits per heavy atom. The Kier molecular flexibility index (Phi) is 7.45. The minimum absolute atomic E-state index is 0.319. The van der Waals surface area contributed by atoms with E-state index in [1.54, 1.807) is 14.2 Å². The molecule has 0 aliphatic rings. The fourth-order valence-electron chi connectivity index (χ4n) is 0.902. The summed E-state index contributed by atoms with van der Waals surface area (Å²) in [5, 5.41) is 3.30. The molecule has 0 saturated heterocycles. The van der Waals surface area contributed by atoms with Gasteiger partial charge in [0.05, 0.1) is 12.7 Å². The highest BCUT2D eigenvalue weighted by Gasteiger charge is 2.09. The van der Waals surface area contributed by atoms with E-state index >= 15 is 0 Å². The van der Waals surface area contributed by atoms with Gasteiger partial charge in [-0.2, -0.15) is 0 Å². The molecule has 0 aliphatic heterocycles. The van der Waals surface area contributed by atoms with Crippen molar-refractivity contribution in [3.63, 3.8) is 0 Å². The zero-order chi connectivity index (χ0) is 9.40. The maximum Gasteiger partial charge on any atom is 0.0587 e. The summed E-state index contributed by atoms with van der Waals surface area (Å²) in [5.74, 6) is 0.548. The Morgan fingerprint density at radius 2 is 1.92 bits per heavy atom. The quantitative estimate of drug-likeness (QED) is 0.583. The molecule has 0 fully saturated rings. The Balaban J connectivity index is 3.24. The minimum Gasteiger partial charge on any atom is -0.383 e. The smallest absolute Gasteiger partial charge is 0.0587 e. The van der Waals surface area contributed by atoms with E-state index < -0.39 is 0 Å². The van der Waals surface area contributed by atoms with Crippen molar-refractivity contribution in [2.75, 3.05) is 33.9 Å². The summed E-state index contributed by atoms with van der Waals surface area (Å²) in [5.41, 5.74) is 0. The molecule has 74 valence electrons. The van der Waals surface area contributed by atoms with Crippen LogP contribution in [0.15, 0.2) is 0 Å². The van der Waals surface area contributed by atoms with Crippen LogP contribution >= 0.6 is 0 Å². The van der Waals surface area contributed by atoms with E-state index in [0.29, 0.717) is 12.0 Å². The minimum atomic E-state index is 0.319. The molecule has 0 aromatic heterocycles. The van der Waals surface area contributed by atoms with E-state index in [-0.39, 0.29) is 0 Å². The Bertz CT molecular complexity index is 98.5. The van der Waals surface area contributed by atoms with E-state index in [4.69, 9.17) is 9.47 Å². The third-order valence-electron chi connectivity index (χ3n) is 2.12. The van der Waals surface area contributed by atoms with E-state index in [1.807, 2.05) is 0 Å². The van der Waals surface area contributed by atoms with E-state index in [2.05, 4.69) is 19.2 Å². The number of nitrogens with one attached hydrogen (secondary N) is 1. The predicted octanol–water partition coefficient (Wildman–Crippen LogP) is 0.893. The topological polar surface area (TPSA) is 30.5 Å². The number of hydrogen-bond donors (Lipinski definition) is 1. The molecule has 0 radical (unpaired) electrons. The van der Waals surface area contributed by atoms with Crippen molar-refractivity contribution < 1.29 is 9.47 Å². The van der Waals surface area contributed by atoms with Crippen LogP contribution in [0.25, 0.3) is 0 Å². The molecule has 0 amide bonds. The molecule has 12 heavy (non-hydrogen) atoms. The van der Waals surface area contributed by atoms with Crippen LogP contribution in [0.4, 0.5) is 0 Å². The van der Waals surface area contributed by atoms with Gasteiger partial charge in [-0.15, -0.1) is 0 Å². The van der Waals surface area contributed by atoms with Crippen molar-refractivity contribution in [3.05, 3.63) is 0 Å². The van der Waals surface area contributed by atoms with Crippen molar-refractivity contribution >= 4 is 0 Å². The summed E-state index contributed by atoms with van der Waals surface area (Å²) >= 11 is 0. The Labute approximate surface area is 75.4 Å². The summed E-state index contributed by atoms with van der Waals surface area (Å²) in [4.78, 5) is 0. The maximum atomic E-state index is 5.20. The van der Waals surface area contributed by atoms with Crippen LogP contribution in [0.5, 0.6) is 0 Å². The fourth-order valence-corrected chi connectivity index (χ4v) is 0.902. The number of methoxy groups -OCH3 is 2. The Hall–Kier alpha value is -0.120. The molecule has 0 heterocycles. The van der Waals surface area contributed by atoms with Gasteiger partial charge in [-0.25, -0.2) is 0 Å². The summed E-state index contributed by atoms with van der Waals surface area (Å²) in [6.07, 6.45) is 0.319. The van der Waals surface area contributed by atoms with Crippen molar-refractivity contribution in [1.82, 2.24) is 5.32 Å². The van der Waals surface area contributed by atoms with Crippen LogP contribution in [0.3, 0.4) is 0 Å². The fraction of sp³-hybridized carbons (Fsp3) is 1.00. The SMILES string of the molecule is COCCNCC(C)C(C)OC. The van der Waals surface area contributed by atoms with Gasteiger partial charge in [0.2, 0.25) is 0 Å². The van der Waals surface area contributed by atoms with Gasteiger partial charge in [0, 0.05) is 27.3 Å². The molecular weight excluding hydrogens is 154 g/mol. The third kappa shape index (κ3) is 5.52. The van der Waals surface area contributed by atoms with Gasteiger partial charge in [0.25, 0.3) is 0 Å². The van der Waals surface area contributed by atoms with Gasteiger partial charge in [-0.05, 0) is 12.8 Å². The molecule has 0 aromatic rings. The summed E-state index contributed by atoms with van der Waals surface area (Å²) in [7, 11) is 3.46. The maximum absolute atomic E-state index is 5.20. The molecule has 0 rings (SSSR count). The predicted molar refractivity (Wildman–Crippen MR) is 50.4 cm³/mol. The third-order valence-corrected chi connectivity index (χ3v) is 2.12. The molecule has 1 N–H and O–H groups in total. The first-order chi connectivity index (χ1) is 5.72. The number of ether oxygens (including phenoxy) is 2. The van der Waals surface area contributed by atoms with Crippen molar-refractivity contribution in [2.45, 2.75) is 20.0 Å². The van der Waals surface area contributed by atoms with E-state index in [0.717, 1.165) is 19.7 Å². The second-order valence-electron chi connectivity index (χ2n) is 3.12. The lowest BCUT2D eigenvalue weighted by Gasteiger charge is -2.18. The zero-order valence-corrected chi connectivity index (χ0v) is 8.59. The first kappa shape index (κ1) is 11.9. The standard InChI is InChI=1S/C9H21NO2/c1-8(9(2)12-4)7-10-5-6-11-3/h8-10H,5-7H2,1-4H3. The highest BCUT2D eigenvalue weighted by atomic mass is 16.5. The summed E-state index contributed by atoms with van der Waals surface area (Å²) < 4.78 is 10.1. The molecule has 0 saturated carbocycles. The molecular formula is C9H21NO2. The van der Waals surface area contributed by atoms with E-state index in [1.165, 1.54) is 0 Å². The van der Waals surface area contributed by atoms with Crippen LogP contribution in [0.1, 0.15) is 13.8 Å². The molecule has 2 unspecified atom stereocenters. The lowest BCUT2D eigenvalue weighted by molar-refractivity contribution is 0.0726. The van der Waals surface area contributed by atoms with Crippen LogP contribution in [0.2, 0.25) is 0 Å². The number of hydrogen-bond acceptors (Lipinski definition) is 3. The van der Waals surface area contributed by atoms with Gasteiger partial charge in [0.1, 0.15) is 0 Å². The molecule has 2 atom stereocenters. The van der Waals surface area contributed by atoms with Crippen LogP contribution in [0, 0.1) is 5.92 Å². The highest BCUT2D eigenvalue weighted by molar-refractivity contribution is 4.63. The molecule has 3 nitrogen and oxygen atoms in total. The van der Waals surface area contributed by atoms with Gasteiger partial charge >= 0.3 is 0 Å². The van der Waals surface area contributed by atoms with Crippen LogP contribution in [-0.4, -0.2) is 40.0 Å². The lowest BCUT2D eigenvalue weighted by atomic mass is 10.1. The largest absolute Gasteiger partial charge is 0.383 e. The first-order valence-electron chi connectivity index (χ1n) is 4.44. The average Bonchev–Trinajstić information content (AvgIpc) is 2.10. The second kappa shape index (κ2) is 7.53. The van der Waals surface area contributed by atoms with Crippen molar-refractivity contribution in [1.29, 1.82) is 0 Å². The van der Waals surface area contributed by atoms with Crippen LogP contribution < -0.4 is 5.32 Å². The summed E-state index contributed by atoms with van der Waals surface area (Å²) in [6.45, 7) is 6.93. The molecule has 0 aromatic carbocycles. The van der Waals surface area contributed by atoms with Crippen LogP contribution in [-0.2, 0) is 9.47 Å². The molecule has 0 bridgehead atoms. The van der Waals surface area contributed by atoms with Gasteiger partial charge in [0.15, 0.2) is 0 Å². The van der Waals surface area contributed by atoms with Gasteiger partial charge < -0.3 is 14.8 Å². The number of rotatable bonds is 7. The average molecular weight is 175 g/mol. The second-order valence-corrected chi connectivity index (χ2v) is 3.12. The van der Waals surface area contributed by atoms with Crippen molar-refractivity contribution in [2.24, 2.45) is 5.92 Å². The van der Waals surface area contributed by atoms with Crippen molar-refractivity contribution in [3.8, 4) is 0 Å². The zero-order valence-electron chi connectivity index (χ0n) is 8.59. The van der Waals surface area contributed by atoms with Gasteiger partial charge in [-0.3, -0.25) is 0 Å². The lowest BCUT2D eigenvalue weighted by Crippen LogP contribution is -2.30. The molecule has 0 aliphatic carbocycles. The summed E-state index contributed by atoms with van der Waals surface area (Å²) in [6, 6.07) is 0. The molecule has 3 heteroatoms.